The fourth-order valence-electron chi connectivity index (χ4n) is 1.51. The van der Waals surface area contributed by atoms with E-state index in [-0.39, 0.29) is 0 Å². The normalized spacial score (nSPS) is 12.5. The highest BCUT2D eigenvalue weighted by atomic mass is 79.9. The van der Waals surface area contributed by atoms with Crippen molar-refractivity contribution in [1.29, 1.82) is 0 Å². The molecule has 18 heavy (non-hydrogen) atoms. The first-order valence-corrected chi connectivity index (χ1v) is 7.77. The van der Waals surface area contributed by atoms with Crippen LogP contribution in [0, 0.1) is 0 Å². The van der Waals surface area contributed by atoms with E-state index in [1.54, 1.807) is 25.3 Å². The third-order valence-corrected chi connectivity index (χ3v) is 6.07. The first kappa shape index (κ1) is 14.3. The van der Waals surface area contributed by atoms with Crippen molar-refractivity contribution in [2.75, 3.05) is 7.11 Å². The summed E-state index contributed by atoms with van der Waals surface area (Å²) in [4.78, 5) is 0.820. The summed E-state index contributed by atoms with van der Waals surface area (Å²) in [5, 5.41) is 10.8. The molecule has 2 aromatic rings. The number of benzene rings is 1. The van der Waals surface area contributed by atoms with Crippen LogP contribution < -0.4 is 4.74 Å². The van der Waals surface area contributed by atoms with Gasteiger partial charge in [-0.15, -0.1) is 11.3 Å². The van der Waals surface area contributed by atoms with Crippen LogP contribution in [-0.2, 0) is 0 Å². The van der Waals surface area contributed by atoms with E-state index in [0.717, 1.165) is 13.1 Å². The Balaban J connectivity index is 2.36. The molecule has 96 valence electrons. The lowest BCUT2D eigenvalue weighted by atomic mass is 10.1. The van der Waals surface area contributed by atoms with E-state index in [1.165, 1.54) is 11.3 Å². The second-order valence-electron chi connectivity index (χ2n) is 3.56. The Kier molecular flexibility index (Phi) is 4.72. The molecule has 2 rings (SSSR count). The van der Waals surface area contributed by atoms with Crippen molar-refractivity contribution >= 4 is 54.8 Å². The Morgan fingerprint density at radius 2 is 2.06 bits per heavy atom. The van der Waals surface area contributed by atoms with Crippen LogP contribution in [0.3, 0.4) is 0 Å². The highest BCUT2D eigenvalue weighted by Gasteiger charge is 2.18. The highest BCUT2D eigenvalue weighted by Crippen LogP contribution is 2.39. The fraction of sp³-hybridized carbons (Fsp3) is 0.167. The first-order chi connectivity index (χ1) is 8.52. The molecule has 0 bridgehead atoms. The average Bonchev–Trinajstić information content (AvgIpc) is 2.68. The molecule has 0 fully saturated rings. The van der Waals surface area contributed by atoms with Gasteiger partial charge in [0, 0.05) is 14.9 Å². The monoisotopic (exact) mass is 410 g/mol. The number of aliphatic hydroxyl groups excluding tert-OH is 1. The molecule has 2 nitrogen and oxygen atoms in total. The molecule has 1 aromatic heterocycles. The van der Waals surface area contributed by atoms with E-state index >= 15 is 0 Å². The van der Waals surface area contributed by atoms with Crippen molar-refractivity contribution in [1.82, 2.24) is 0 Å². The minimum atomic E-state index is -0.740. The molecule has 0 aliphatic rings. The summed E-state index contributed by atoms with van der Waals surface area (Å²) in [6.45, 7) is 0. The van der Waals surface area contributed by atoms with Gasteiger partial charge in [0.25, 0.3) is 0 Å². The van der Waals surface area contributed by atoms with Crippen LogP contribution in [0.15, 0.2) is 32.5 Å². The third-order valence-electron chi connectivity index (χ3n) is 2.44. The van der Waals surface area contributed by atoms with Gasteiger partial charge in [-0.1, -0.05) is 17.7 Å². The summed E-state index contributed by atoms with van der Waals surface area (Å²) in [6.07, 6.45) is -0.740. The zero-order chi connectivity index (χ0) is 13.3. The van der Waals surface area contributed by atoms with Crippen LogP contribution in [0.25, 0.3) is 0 Å². The molecule has 1 unspecified atom stereocenters. The molecular formula is C12H9Br2ClO2S. The average molecular weight is 413 g/mol. The molecule has 0 aliphatic carbocycles. The quantitative estimate of drug-likeness (QED) is 0.767. The number of ether oxygens (including phenoxy) is 1. The Morgan fingerprint density at radius 1 is 1.33 bits per heavy atom. The van der Waals surface area contributed by atoms with Crippen LogP contribution in [0.2, 0.25) is 5.02 Å². The lowest BCUT2D eigenvalue weighted by molar-refractivity contribution is 0.224. The molecular weight excluding hydrogens is 403 g/mol. The summed E-state index contributed by atoms with van der Waals surface area (Å²) in [5.41, 5.74) is 0.665. The van der Waals surface area contributed by atoms with Gasteiger partial charge in [0.1, 0.15) is 11.9 Å². The summed E-state index contributed by atoms with van der Waals surface area (Å²) in [6, 6.07) is 7.12. The highest BCUT2D eigenvalue weighted by molar-refractivity contribution is 9.13. The number of thiophene rings is 1. The van der Waals surface area contributed by atoms with Gasteiger partial charge < -0.3 is 9.84 Å². The maximum Gasteiger partial charge on any atom is 0.120 e. The van der Waals surface area contributed by atoms with Crippen LogP contribution in [0.5, 0.6) is 5.75 Å². The van der Waals surface area contributed by atoms with E-state index in [2.05, 4.69) is 31.9 Å². The van der Waals surface area contributed by atoms with Crippen molar-refractivity contribution in [2.45, 2.75) is 6.10 Å². The topological polar surface area (TPSA) is 29.5 Å². The zero-order valence-electron chi connectivity index (χ0n) is 9.28. The fourth-order valence-corrected chi connectivity index (χ4v) is 3.88. The summed E-state index contributed by atoms with van der Waals surface area (Å²) in [7, 11) is 1.58. The molecule has 0 saturated heterocycles. The van der Waals surface area contributed by atoms with E-state index in [9.17, 15) is 5.11 Å². The van der Waals surface area contributed by atoms with Crippen LogP contribution in [0.4, 0.5) is 0 Å². The van der Waals surface area contributed by atoms with Crippen molar-refractivity contribution in [3.63, 3.8) is 0 Å². The summed E-state index contributed by atoms with van der Waals surface area (Å²) < 4.78 is 6.95. The SMILES string of the molecule is COc1ccc(C(O)c2cc(Br)c(Br)s2)c(Cl)c1. The minimum absolute atomic E-state index is 0.488. The molecule has 0 saturated carbocycles. The standard InChI is InChI=1S/C12H9Br2ClO2S/c1-17-6-2-3-7(9(15)4-6)11(16)10-5-8(13)12(14)18-10/h2-5,11,16H,1H3. The van der Waals surface area contributed by atoms with Gasteiger partial charge in [-0.25, -0.2) is 0 Å². The van der Waals surface area contributed by atoms with Crippen molar-refractivity contribution in [2.24, 2.45) is 0 Å². The maximum absolute atomic E-state index is 10.3. The predicted octanol–water partition coefficient (Wildman–Crippen LogP) is 5.02. The second-order valence-corrected chi connectivity index (χ2v) is 7.22. The summed E-state index contributed by atoms with van der Waals surface area (Å²) in [5.74, 6) is 0.671. The molecule has 0 radical (unpaired) electrons. The Morgan fingerprint density at radius 3 is 2.56 bits per heavy atom. The number of methoxy groups -OCH3 is 1. The third kappa shape index (κ3) is 2.91. The minimum Gasteiger partial charge on any atom is -0.497 e. The Hall–Kier alpha value is -0.0700. The van der Waals surface area contributed by atoms with Gasteiger partial charge in [0.2, 0.25) is 0 Å². The molecule has 1 heterocycles. The van der Waals surface area contributed by atoms with Gasteiger partial charge in [0.05, 0.1) is 15.9 Å². The Bertz CT molecular complexity index is 552. The van der Waals surface area contributed by atoms with Gasteiger partial charge >= 0.3 is 0 Å². The van der Waals surface area contributed by atoms with Crippen molar-refractivity contribution < 1.29 is 9.84 Å². The van der Waals surface area contributed by atoms with Gasteiger partial charge in [0.15, 0.2) is 0 Å². The predicted molar refractivity (Wildman–Crippen MR) is 81.8 cm³/mol. The number of hydrogen-bond acceptors (Lipinski definition) is 3. The van der Waals surface area contributed by atoms with E-state index in [1.807, 2.05) is 6.07 Å². The molecule has 0 spiro atoms. The second kappa shape index (κ2) is 5.92. The van der Waals surface area contributed by atoms with E-state index in [0.29, 0.717) is 16.3 Å². The molecule has 0 amide bonds. The Labute approximate surface area is 131 Å². The summed E-state index contributed by atoms with van der Waals surface area (Å²) >= 11 is 14.4. The van der Waals surface area contributed by atoms with Crippen molar-refractivity contribution in [3.05, 3.63) is 48.0 Å². The largest absolute Gasteiger partial charge is 0.497 e. The number of rotatable bonds is 3. The van der Waals surface area contributed by atoms with Gasteiger partial charge in [-0.3, -0.25) is 0 Å². The van der Waals surface area contributed by atoms with E-state index in [4.69, 9.17) is 16.3 Å². The van der Waals surface area contributed by atoms with Gasteiger partial charge in [-0.05, 0) is 50.1 Å². The van der Waals surface area contributed by atoms with Gasteiger partial charge in [-0.2, -0.15) is 0 Å². The number of hydrogen-bond donors (Lipinski definition) is 1. The zero-order valence-corrected chi connectivity index (χ0v) is 14.0. The molecule has 1 aromatic carbocycles. The smallest absolute Gasteiger partial charge is 0.120 e. The molecule has 1 atom stereocenters. The lowest BCUT2D eigenvalue weighted by Crippen LogP contribution is -1.98. The van der Waals surface area contributed by atoms with Crippen LogP contribution >= 0.6 is 54.8 Å². The lowest BCUT2D eigenvalue weighted by Gasteiger charge is -2.11. The molecule has 1 N–H and O–H groups in total. The number of halogens is 3. The van der Waals surface area contributed by atoms with Crippen LogP contribution in [0.1, 0.15) is 16.5 Å². The molecule has 6 heteroatoms. The molecule has 0 aliphatic heterocycles. The van der Waals surface area contributed by atoms with Crippen molar-refractivity contribution in [3.8, 4) is 5.75 Å². The maximum atomic E-state index is 10.3. The van der Waals surface area contributed by atoms with E-state index < -0.39 is 6.10 Å². The first-order valence-electron chi connectivity index (χ1n) is 4.99. The number of aliphatic hydroxyl groups is 1. The van der Waals surface area contributed by atoms with Crippen LogP contribution in [-0.4, -0.2) is 12.2 Å².